The second-order valence-corrected chi connectivity index (χ2v) is 5.29. The van der Waals surface area contributed by atoms with E-state index >= 15 is 0 Å². The van der Waals surface area contributed by atoms with Crippen molar-refractivity contribution in [1.82, 2.24) is 15.2 Å². The third-order valence-corrected chi connectivity index (χ3v) is 4.06. The quantitative estimate of drug-likeness (QED) is 0.791. The predicted octanol–water partition coefficient (Wildman–Crippen LogP) is 1.45. The minimum atomic E-state index is -0.310. The highest BCUT2D eigenvalue weighted by Gasteiger charge is 2.24. The Balaban J connectivity index is 1.70. The minimum Gasteiger partial charge on any atom is -0.361 e. The zero-order valence-electron chi connectivity index (χ0n) is 11.4. The maximum absolute atomic E-state index is 11.5. The lowest BCUT2D eigenvalue weighted by atomic mass is 10.0. The SMILES string of the molecule is NC(=O)N1CCNCC1CCc1c[nH]c2ccccc12. The first-order chi connectivity index (χ1) is 9.75. The number of piperazine rings is 1. The third kappa shape index (κ3) is 2.49. The lowest BCUT2D eigenvalue weighted by Gasteiger charge is -2.35. The highest BCUT2D eigenvalue weighted by Crippen LogP contribution is 2.20. The zero-order chi connectivity index (χ0) is 13.9. The van der Waals surface area contributed by atoms with Gasteiger partial charge in [-0.3, -0.25) is 0 Å². The van der Waals surface area contributed by atoms with Gasteiger partial charge in [-0.25, -0.2) is 4.79 Å². The van der Waals surface area contributed by atoms with Crippen molar-refractivity contribution in [3.05, 3.63) is 36.0 Å². The molecule has 0 saturated carbocycles. The summed E-state index contributed by atoms with van der Waals surface area (Å²) in [5.41, 5.74) is 7.91. The lowest BCUT2D eigenvalue weighted by Crippen LogP contribution is -2.55. The third-order valence-electron chi connectivity index (χ3n) is 4.06. The van der Waals surface area contributed by atoms with Crippen molar-refractivity contribution < 1.29 is 4.79 Å². The number of H-pyrrole nitrogens is 1. The molecule has 1 aliphatic rings. The summed E-state index contributed by atoms with van der Waals surface area (Å²) in [5.74, 6) is 0. The number of aromatic nitrogens is 1. The van der Waals surface area contributed by atoms with Crippen LogP contribution in [-0.2, 0) is 6.42 Å². The number of hydrogen-bond donors (Lipinski definition) is 3. The number of aryl methyl sites for hydroxylation is 1. The van der Waals surface area contributed by atoms with Crippen molar-refractivity contribution in [2.45, 2.75) is 18.9 Å². The number of urea groups is 1. The second-order valence-electron chi connectivity index (χ2n) is 5.29. The largest absolute Gasteiger partial charge is 0.361 e. The molecule has 1 aromatic heterocycles. The summed E-state index contributed by atoms with van der Waals surface area (Å²) in [7, 11) is 0. The molecule has 1 atom stereocenters. The molecule has 4 N–H and O–H groups in total. The molecule has 0 spiro atoms. The van der Waals surface area contributed by atoms with Crippen LogP contribution in [0, 0.1) is 0 Å². The van der Waals surface area contributed by atoms with Crippen molar-refractivity contribution in [3.63, 3.8) is 0 Å². The summed E-state index contributed by atoms with van der Waals surface area (Å²) >= 11 is 0. The molecule has 1 aromatic carbocycles. The summed E-state index contributed by atoms with van der Waals surface area (Å²) in [6, 6.07) is 8.17. The summed E-state index contributed by atoms with van der Waals surface area (Å²) in [5, 5.41) is 4.60. The Morgan fingerprint density at radius 3 is 3.10 bits per heavy atom. The van der Waals surface area contributed by atoms with Crippen LogP contribution in [0.5, 0.6) is 0 Å². The van der Waals surface area contributed by atoms with Crippen LogP contribution in [0.15, 0.2) is 30.5 Å². The van der Waals surface area contributed by atoms with Crippen LogP contribution in [0.25, 0.3) is 10.9 Å². The Morgan fingerprint density at radius 2 is 2.25 bits per heavy atom. The molecule has 0 bridgehead atoms. The number of aromatic amines is 1. The fraction of sp³-hybridized carbons (Fsp3) is 0.400. The van der Waals surface area contributed by atoms with E-state index in [0.717, 1.165) is 31.4 Å². The molecule has 5 nitrogen and oxygen atoms in total. The van der Waals surface area contributed by atoms with Gasteiger partial charge in [0.2, 0.25) is 0 Å². The predicted molar refractivity (Wildman–Crippen MR) is 79.6 cm³/mol. The smallest absolute Gasteiger partial charge is 0.315 e. The van der Waals surface area contributed by atoms with Crippen LogP contribution in [0.4, 0.5) is 4.79 Å². The van der Waals surface area contributed by atoms with Crippen molar-refractivity contribution in [3.8, 4) is 0 Å². The molecule has 0 aliphatic carbocycles. The van der Waals surface area contributed by atoms with Crippen molar-refractivity contribution in [1.29, 1.82) is 0 Å². The number of primary amides is 1. The zero-order valence-corrected chi connectivity index (χ0v) is 11.4. The topological polar surface area (TPSA) is 74.2 Å². The van der Waals surface area contributed by atoms with Crippen LogP contribution in [0.3, 0.4) is 0 Å². The number of nitrogens with two attached hydrogens (primary N) is 1. The molecule has 3 rings (SSSR count). The van der Waals surface area contributed by atoms with E-state index < -0.39 is 0 Å². The molecule has 2 heterocycles. The van der Waals surface area contributed by atoms with Crippen LogP contribution < -0.4 is 11.1 Å². The van der Waals surface area contributed by atoms with Crippen molar-refractivity contribution in [2.24, 2.45) is 5.73 Å². The van der Waals surface area contributed by atoms with Gasteiger partial charge in [0.05, 0.1) is 0 Å². The van der Waals surface area contributed by atoms with Gasteiger partial charge >= 0.3 is 6.03 Å². The van der Waals surface area contributed by atoms with Gasteiger partial charge in [0, 0.05) is 42.8 Å². The molecule has 2 aromatic rings. The number of carbonyl (C=O) groups excluding carboxylic acids is 1. The molecule has 1 saturated heterocycles. The van der Waals surface area contributed by atoms with Crippen LogP contribution in [-0.4, -0.2) is 41.6 Å². The van der Waals surface area contributed by atoms with Gasteiger partial charge in [0.25, 0.3) is 0 Å². The molecule has 106 valence electrons. The van der Waals surface area contributed by atoms with Crippen LogP contribution in [0.2, 0.25) is 0 Å². The second kappa shape index (κ2) is 5.54. The highest BCUT2D eigenvalue weighted by atomic mass is 16.2. The Morgan fingerprint density at radius 1 is 1.40 bits per heavy atom. The monoisotopic (exact) mass is 272 g/mol. The number of rotatable bonds is 3. The molecule has 5 heteroatoms. The number of carbonyl (C=O) groups is 1. The van der Waals surface area contributed by atoms with Gasteiger partial charge in [-0.05, 0) is 24.5 Å². The maximum Gasteiger partial charge on any atom is 0.315 e. The van der Waals surface area contributed by atoms with E-state index in [1.165, 1.54) is 10.9 Å². The fourth-order valence-electron chi connectivity index (χ4n) is 2.97. The van der Waals surface area contributed by atoms with E-state index in [9.17, 15) is 4.79 Å². The summed E-state index contributed by atoms with van der Waals surface area (Å²) in [6.45, 7) is 2.35. The molecule has 0 radical (unpaired) electrons. The average molecular weight is 272 g/mol. The number of nitrogens with zero attached hydrogens (tertiary/aromatic N) is 1. The highest BCUT2D eigenvalue weighted by molar-refractivity contribution is 5.83. The molecule has 20 heavy (non-hydrogen) atoms. The number of benzene rings is 1. The average Bonchev–Trinajstić information content (AvgIpc) is 2.88. The van der Waals surface area contributed by atoms with Crippen LogP contribution >= 0.6 is 0 Å². The molecular formula is C15H20N4O. The Labute approximate surface area is 118 Å². The first kappa shape index (κ1) is 13.0. The molecule has 1 fully saturated rings. The normalized spacial score (nSPS) is 19.4. The number of amides is 2. The van der Waals surface area contributed by atoms with Gasteiger partial charge < -0.3 is 20.9 Å². The van der Waals surface area contributed by atoms with E-state index in [2.05, 4.69) is 34.7 Å². The van der Waals surface area contributed by atoms with Gasteiger partial charge in [0.1, 0.15) is 0 Å². The Kier molecular flexibility index (Phi) is 3.60. The van der Waals surface area contributed by atoms with Gasteiger partial charge in [-0.2, -0.15) is 0 Å². The standard InChI is InChI=1S/C15H20N4O/c16-15(20)19-8-7-17-10-12(19)6-5-11-9-18-14-4-2-1-3-13(11)14/h1-4,9,12,17-18H,5-8,10H2,(H2,16,20). The summed E-state index contributed by atoms with van der Waals surface area (Å²) < 4.78 is 0. The van der Waals surface area contributed by atoms with E-state index in [1.807, 2.05) is 6.07 Å². The maximum atomic E-state index is 11.5. The summed E-state index contributed by atoms with van der Waals surface area (Å²) in [4.78, 5) is 16.5. The Hall–Kier alpha value is -2.01. The number of nitrogens with one attached hydrogen (secondary N) is 2. The first-order valence-corrected chi connectivity index (χ1v) is 7.07. The van der Waals surface area contributed by atoms with E-state index in [4.69, 9.17) is 5.73 Å². The fourth-order valence-corrected chi connectivity index (χ4v) is 2.97. The minimum absolute atomic E-state index is 0.190. The molecule has 2 amide bonds. The first-order valence-electron chi connectivity index (χ1n) is 7.07. The number of fused-ring (bicyclic) bond motifs is 1. The van der Waals surface area contributed by atoms with E-state index in [0.29, 0.717) is 6.54 Å². The van der Waals surface area contributed by atoms with Gasteiger partial charge in [-0.1, -0.05) is 18.2 Å². The van der Waals surface area contributed by atoms with Gasteiger partial charge in [0.15, 0.2) is 0 Å². The molecular weight excluding hydrogens is 252 g/mol. The molecule has 1 aliphatic heterocycles. The molecule has 1 unspecified atom stereocenters. The van der Waals surface area contributed by atoms with Crippen molar-refractivity contribution >= 4 is 16.9 Å². The van der Waals surface area contributed by atoms with Gasteiger partial charge in [-0.15, -0.1) is 0 Å². The number of hydrogen-bond acceptors (Lipinski definition) is 2. The van der Waals surface area contributed by atoms with Crippen molar-refractivity contribution in [2.75, 3.05) is 19.6 Å². The van der Waals surface area contributed by atoms with E-state index in [-0.39, 0.29) is 12.1 Å². The number of para-hydroxylation sites is 1. The Bertz CT molecular complexity index is 607. The van der Waals surface area contributed by atoms with Crippen LogP contribution in [0.1, 0.15) is 12.0 Å². The summed E-state index contributed by atoms with van der Waals surface area (Å²) in [6.07, 6.45) is 3.94. The van der Waals surface area contributed by atoms with E-state index in [1.54, 1.807) is 4.90 Å². The lowest BCUT2D eigenvalue weighted by molar-refractivity contribution is 0.162.